The van der Waals surface area contributed by atoms with E-state index in [1.54, 1.807) is 67.4 Å². The second-order valence-electron chi connectivity index (χ2n) is 11.6. The molecule has 0 aliphatic heterocycles. The van der Waals surface area contributed by atoms with Crippen molar-refractivity contribution < 1.29 is 36.5 Å². The fourth-order valence-corrected chi connectivity index (χ4v) is 7.53. The zero-order valence-corrected chi connectivity index (χ0v) is 30.5. The summed E-state index contributed by atoms with van der Waals surface area (Å²) in [6.07, 6.45) is 0. The molecule has 10 nitrogen and oxygen atoms in total. The largest absolute Gasteiger partial charge is 0.496 e. The van der Waals surface area contributed by atoms with Crippen LogP contribution in [0.3, 0.4) is 0 Å². The molecule has 0 fully saturated rings. The van der Waals surface area contributed by atoms with Crippen molar-refractivity contribution in [3.63, 3.8) is 0 Å². The molecule has 0 bridgehead atoms. The fraction of sp³-hybridized carbons (Fsp3) is 0.100. The van der Waals surface area contributed by atoms with Crippen LogP contribution in [0, 0.1) is 31.9 Å². The highest BCUT2D eigenvalue weighted by atomic mass is 32.2. The summed E-state index contributed by atoms with van der Waals surface area (Å²) in [5, 5.41) is 22.1. The van der Waals surface area contributed by atoms with E-state index in [9.17, 15) is 37.4 Å². The van der Waals surface area contributed by atoms with Gasteiger partial charge in [0.25, 0.3) is 11.4 Å². The van der Waals surface area contributed by atoms with Gasteiger partial charge in [-0.15, -0.1) is 11.8 Å². The van der Waals surface area contributed by atoms with Gasteiger partial charge in [0.2, 0.25) is 0 Å². The van der Waals surface area contributed by atoms with Crippen LogP contribution in [0.5, 0.6) is 11.5 Å². The molecule has 0 aliphatic carbocycles. The molecule has 0 spiro atoms. The van der Waals surface area contributed by atoms with E-state index in [-0.39, 0.29) is 27.8 Å². The Morgan fingerprint density at radius 1 is 0.611 bits per heavy atom. The molecule has 0 amide bonds. The minimum atomic E-state index is -3.69. The number of non-ortho nitro benzene ring substituents is 2. The van der Waals surface area contributed by atoms with E-state index in [0.29, 0.717) is 33.9 Å². The lowest BCUT2D eigenvalue weighted by Gasteiger charge is -2.12. The number of hydrogen-bond acceptors (Lipinski definition) is 9. The van der Waals surface area contributed by atoms with Crippen LogP contribution in [0.4, 0.5) is 20.2 Å². The highest BCUT2D eigenvalue weighted by Gasteiger charge is 2.18. The average Bonchev–Trinajstić information content (AvgIpc) is 3.18. The first kappa shape index (κ1) is 39.1. The van der Waals surface area contributed by atoms with Crippen LogP contribution < -0.4 is 9.47 Å². The first-order valence-electron chi connectivity index (χ1n) is 16.1. The Balaban J connectivity index is 0.000000208. The monoisotopic (exact) mass is 770 g/mol. The topological polar surface area (TPSA) is 139 Å². The number of halogens is 2. The van der Waals surface area contributed by atoms with Crippen LogP contribution in [0.25, 0.3) is 22.3 Å². The SMILES string of the molecule is COc1ccc(CS(=O)(=O)c2ccc(F)cc2)cc1-c1cccc([N+](=O)[O-])c1.COc1ccc(CSc2ccc(F)cc2)cc1-c1cccc([N+](=O)[O-])c1. The maximum Gasteiger partial charge on any atom is 0.270 e. The van der Waals surface area contributed by atoms with Gasteiger partial charge in [0, 0.05) is 46.0 Å². The van der Waals surface area contributed by atoms with Gasteiger partial charge in [0.1, 0.15) is 23.1 Å². The van der Waals surface area contributed by atoms with Crippen molar-refractivity contribution in [1.29, 1.82) is 0 Å². The second kappa shape index (κ2) is 17.6. The molecule has 0 atom stereocenters. The van der Waals surface area contributed by atoms with E-state index in [1.165, 1.54) is 55.6 Å². The number of rotatable bonds is 12. The number of thioether (sulfide) groups is 1. The van der Waals surface area contributed by atoms with Gasteiger partial charge in [-0.05, 0) is 95.1 Å². The van der Waals surface area contributed by atoms with Crippen molar-refractivity contribution in [2.75, 3.05) is 14.2 Å². The van der Waals surface area contributed by atoms with Gasteiger partial charge >= 0.3 is 0 Å². The fourth-order valence-electron chi connectivity index (χ4n) is 5.36. The van der Waals surface area contributed by atoms with Crippen LogP contribution in [0.1, 0.15) is 11.1 Å². The number of nitro groups is 2. The van der Waals surface area contributed by atoms with Gasteiger partial charge in [-0.25, -0.2) is 17.2 Å². The lowest BCUT2D eigenvalue weighted by Crippen LogP contribution is -2.05. The number of hydrogen-bond donors (Lipinski definition) is 0. The van der Waals surface area contributed by atoms with Crippen molar-refractivity contribution in [2.24, 2.45) is 0 Å². The Morgan fingerprint density at radius 3 is 1.56 bits per heavy atom. The second-order valence-corrected chi connectivity index (χ2v) is 14.7. The third-order valence-corrected chi connectivity index (χ3v) is 10.8. The van der Waals surface area contributed by atoms with Crippen LogP contribution in [-0.2, 0) is 21.3 Å². The molecule has 0 saturated heterocycles. The molecule has 276 valence electrons. The van der Waals surface area contributed by atoms with Gasteiger partial charge in [-0.3, -0.25) is 20.2 Å². The quantitative estimate of drug-likeness (QED) is 0.0515. The summed E-state index contributed by atoms with van der Waals surface area (Å²) < 4.78 is 62.0. The molecular formula is C40H32F2N2O8S2. The zero-order valence-electron chi connectivity index (χ0n) is 28.8. The molecule has 0 unspecified atom stereocenters. The van der Waals surface area contributed by atoms with Crippen molar-refractivity contribution in [3.05, 3.63) is 176 Å². The molecule has 6 aromatic rings. The summed E-state index contributed by atoms with van der Waals surface area (Å²) in [5.41, 5.74) is 4.08. The van der Waals surface area contributed by atoms with E-state index in [4.69, 9.17) is 9.47 Å². The first-order chi connectivity index (χ1) is 25.9. The summed E-state index contributed by atoms with van der Waals surface area (Å²) in [6.45, 7) is 0. The van der Waals surface area contributed by atoms with Crippen LogP contribution in [-0.4, -0.2) is 32.5 Å². The van der Waals surface area contributed by atoms with Crippen molar-refractivity contribution >= 4 is 33.0 Å². The van der Waals surface area contributed by atoms with Crippen LogP contribution in [0.2, 0.25) is 0 Å². The maximum absolute atomic E-state index is 13.1. The predicted octanol–water partition coefficient (Wildman–Crippen LogP) is 10.1. The van der Waals surface area contributed by atoms with Gasteiger partial charge < -0.3 is 9.47 Å². The van der Waals surface area contributed by atoms with Gasteiger partial charge in [-0.2, -0.15) is 0 Å². The molecule has 14 heteroatoms. The van der Waals surface area contributed by atoms with Gasteiger partial charge in [0.15, 0.2) is 9.84 Å². The number of methoxy groups -OCH3 is 2. The van der Waals surface area contributed by atoms with E-state index in [1.807, 2.05) is 24.3 Å². The van der Waals surface area contributed by atoms with Gasteiger partial charge in [0.05, 0.1) is 34.7 Å². The highest BCUT2D eigenvalue weighted by molar-refractivity contribution is 7.98. The van der Waals surface area contributed by atoms with Crippen molar-refractivity contribution in [2.45, 2.75) is 21.3 Å². The van der Waals surface area contributed by atoms with Crippen LogP contribution in [0.15, 0.2) is 143 Å². The third-order valence-electron chi connectivity index (χ3n) is 8.01. The maximum atomic E-state index is 13.1. The molecule has 0 saturated carbocycles. The summed E-state index contributed by atoms with van der Waals surface area (Å²) in [5.74, 6) is 0.731. The summed E-state index contributed by atoms with van der Waals surface area (Å²) in [7, 11) is -0.650. The number of nitrogens with zero attached hydrogens (tertiary/aromatic N) is 2. The normalized spacial score (nSPS) is 10.9. The molecule has 0 N–H and O–H groups in total. The average molecular weight is 771 g/mol. The van der Waals surface area contributed by atoms with E-state index < -0.39 is 25.5 Å². The third kappa shape index (κ3) is 10.1. The summed E-state index contributed by atoms with van der Waals surface area (Å²) in [4.78, 5) is 22.1. The standard InChI is InChI=1S/C20H16FNO5S.C20H16FNO3S/c1-27-20-10-5-14(13-28(25,26)18-8-6-16(21)7-9-18)11-19(20)15-3-2-4-17(12-15)22(23)24;1-25-20-10-5-14(13-26-18-8-6-16(21)7-9-18)11-19(20)15-3-2-4-17(12-15)22(23)24/h2-12H,13H2,1H3;2-12H,13H2,1H3. The van der Waals surface area contributed by atoms with E-state index in [2.05, 4.69) is 0 Å². The molecule has 0 radical (unpaired) electrons. The number of benzene rings is 6. The zero-order chi connectivity index (χ0) is 38.8. The number of ether oxygens (including phenoxy) is 2. The molecule has 6 rings (SSSR count). The smallest absolute Gasteiger partial charge is 0.270 e. The first-order valence-corrected chi connectivity index (χ1v) is 18.7. The molecule has 6 aromatic carbocycles. The minimum Gasteiger partial charge on any atom is -0.496 e. The van der Waals surface area contributed by atoms with Crippen molar-refractivity contribution in [3.8, 4) is 33.8 Å². The van der Waals surface area contributed by atoms with Gasteiger partial charge in [-0.1, -0.05) is 36.4 Å². The van der Waals surface area contributed by atoms with Crippen molar-refractivity contribution in [1.82, 2.24) is 0 Å². The lowest BCUT2D eigenvalue weighted by atomic mass is 10.0. The molecule has 0 heterocycles. The summed E-state index contributed by atoms with van der Waals surface area (Å²) >= 11 is 1.59. The number of sulfone groups is 1. The van der Waals surface area contributed by atoms with E-state index >= 15 is 0 Å². The predicted molar refractivity (Wildman–Crippen MR) is 203 cm³/mol. The molecule has 0 aliphatic rings. The molecule has 0 aromatic heterocycles. The Kier molecular flexibility index (Phi) is 12.7. The molecular weight excluding hydrogens is 739 g/mol. The summed E-state index contributed by atoms with van der Waals surface area (Å²) in [6, 6.07) is 34.1. The lowest BCUT2D eigenvalue weighted by molar-refractivity contribution is -0.385. The minimum absolute atomic E-state index is 0.0154. The Labute approximate surface area is 314 Å². The highest BCUT2D eigenvalue weighted by Crippen LogP contribution is 2.36. The Morgan fingerprint density at radius 2 is 1.07 bits per heavy atom. The number of nitro benzene ring substituents is 2. The molecule has 54 heavy (non-hydrogen) atoms. The van der Waals surface area contributed by atoms with Crippen LogP contribution >= 0.6 is 11.8 Å². The Hall–Kier alpha value is -6.12. The van der Waals surface area contributed by atoms with E-state index in [0.717, 1.165) is 33.7 Å². The Bertz CT molecular complexity index is 2390.